The maximum Gasteiger partial charge on any atom is 0.154 e. The van der Waals surface area contributed by atoms with Crippen LogP contribution < -0.4 is 4.74 Å². The number of ether oxygens (including phenoxy) is 1. The molecule has 0 saturated heterocycles. The molecule has 4 aromatic carbocycles. The van der Waals surface area contributed by atoms with Crippen LogP contribution in [0.4, 0.5) is 0 Å². The van der Waals surface area contributed by atoms with Gasteiger partial charge >= 0.3 is 0 Å². The molecule has 0 bridgehead atoms. The maximum absolute atomic E-state index is 7.69. The van der Waals surface area contributed by atoms with E-state index >= 15 is 0 Å². The predicted octanol–water partition coefficient (Wildman–Crippen LogP) is 8.76. The second-order valence-corrected chi connectivity index (χ2v) is 8.95. The van der Waals surface area contributed by atoms with E-state index in [4.69, 9.17) is 18.3 Å². The average molecular weight is 470 g/mol. The van der Waals surface area contributed by atoms with E-state index in [0.717, 1.165) is 49.2 Å². The van der Waals surface area contributed by atoms with Crippen molar-refractivity contribution in [2.24, 2.45) is 0 Å². The van der Waals surface area contributed by atoms with Crippen LogP contribution in [-0.4, -0.2) is 9.97 Å². The molecule has 0 aliphatic carbocycles. The minimum atomic E-state index is -2.19. The van der Waals surface area contributed by atoms with Crippen molar-refractivity contribution in [1.29, 1.82) is 0 Å². The van der Waals surface area contributed by atoms with Crippen LogP contribution >= 0.6 is 0 Å². The van der Waals surface area contributed by atoms with Crippen LogP contribution in [0.25, 0.3) is 54.9 Å². The van der Waals surface area contributed by atoms with Gasteiger partial charge in [-0.2, -0.15) is 0 Å². The molecule has 172 valence electrons. The summed E-state index contributed by atoms with van der Waals surface area (Å²) < 4.78 is 35.4. The number of hydrogen-bond acceptors (Lipinski definition) is 4. The minimum Gasteiger partial charge on any atom is -0.457 e. The molecule has 4 nitrogen and oxygen atoms in total. The number of hydrogen-bond donors (Lipinski definition) is 0. The number of para-hydroxylation sites is 1. The van der Waals surface area contributed by atoms with Crippen LogP contribution in [0.15, 0.2) is 102 Å². The molecule has 0 atom stereocenters. The van der Waals surface area contributed by atoms with Gasteiger partial charge in [0.15, 0.2) is 5.58 Å². The Hall–Kier alpha value is -4.70. The molecule has 36 heavy (non-hydrogen) atoms. The fourth-order valence-corrected chi connectivity index (χ4v) is 4.81. The Kier molecular flexibility index (Phi) is 3.89. The van der Waals surface area contributed by atoms with Gasteiger partial charge < -0.3 is 9.15 Å². The van der Waals surface area contributed by atoms with Crippen molar-refractivity contribution in [2.45, 2.75) is 13.8 Å². The second kappa shape index (κ2) is 7.92. The van der Waals surface area contributed by atoms with Crippen LogP contribution in [0.1, 0.15) is 15.2 Å². The zero-order chi connectivity index (χ0) is 26.7. The van der Waals surface area contributed by atoms with Crippen molar-refractivity contribution in [2.75, 3.05) is 0 Å². The first-order valence-electron chi connectivity index (χ1n) is 13.2. The molecule has 0 spiro atoms. The zero-order valence-electron chi connectivity index (χ0n) is 22.4. The van der Waals surface area contributed by atoms with Gasteiger partial charge in [-0.05, 0) is 66.7 Å². The van der Waals surface area contributed by atoms with Gasteiger partial charge in [-0.25, -0.2) is 0 Å². The Morgan fingerprint density at radius 2 is 1.61 bits per heavy atom. The number of furan rings is 1. The van der Waals surface area contributed by atoms with Crippen LogP contribution in [0, 0.1) is 13.8 Å². The number of nitrogens with zero attached hydrogens (tertiary/aromatic N) is 2. The van der Waals surface area contributed by atoms with Gasteiger partial charge in [0, 0.05) is 37.4 Å². The lowest BCUT2D eigenvalue weighted by atomic mass is 10.0. The summed E-state index contributed by atoms with van der Waals surface area (Å²) in [6.07, 6.45) is 3.23. The quantitative estimate of drug-likeness (QED) is 0.243. The molecule has 0 fully saturated rings. The summed E-state index contributed by atoms with van der Waals surface area (Å²) in [5.41, 5.74) is 4.97. The molecule has 7 rings (SSSR count). The lowest BCUT2D eigenvalue weighted by molar-refractivity contribution is 0.483. The molecule has 3 aromatic heterocycles. The van der Waals surface area contributed by atoms with Gasteiger partial charge in [-0.3, -0.25) is 9.97 Å². The van der Waals surface area contributed by atoms with Crippen molar-refractivity contribution in [1.82, 2.24) is 9.97 Å². The van der Waals surface area contributed by atoms with E-state index in [1.165, 1.54) is 6.20 Å². The van der Waals surface area contributed by atoms with E-state index in [2.05, 4.69) is 23.2 Å². The monoisotopic (exact) mass is 469 g/mol. The van der Waals surface area contributed by atoms with Crippen LogP contribution in [0.5, 0.6) is 11.5 Å². The highest BCUT2D eigenvalue weighted by molar-refractivity contribution is 6.22. The van der Waals surface area contributed by atoms with E-state index < -0.39 is 6.85 Å². The van der Waals surface area contributed by atoms with E-state index in [9.17, 15) is 0 Å². The molecule has 3 heterocycles. The lowest BCUT2D eigenvalue weighted by Gasteiger charge is -2.10. The number of fused-ring (bicyclic) bond motifs is 7. The molecular weight excluding hydrogens is 444 g/mol. The van der Waals surface area contributed by atoms with E-state index in [1.54, 1.807) is 19.2 Å². The molecule has 0 aliphatic rings. The first-order valence-corrected chi connectivity index (χ1v) is 11.7. The summed E-state index contributed by atoms with van der Waals surface area (Å²) >= 11 is 0. The molecule has 0 amide bonds. The summed E-state index contributed by atoms with van der Waals surface area (Å²) in [6.45, 7) is -0.396. The molecule has 0 N–H and O–H groups in total. The Morgan fingerprint density at radius 1 is 0.722 bits per heavy atom. The zero-order valence-corrected chi connectivity index (χ0v) is 19.4. The number of aromatic nitrogens is 2. The third-order valence-corrected chi connectivity index (χ3v) is 6.64. The second-order valence-electron chi connectivity index (χ2n) is 8.95. The normalized spacial score (nSPS) is 13.2. The largest absolute Gasteiger partial charge is 0.457 e. The minimum absolute atomic E-state index is 0.261. The molecule has 0 radical (unpaired) electrons. The van der Waals surface area contributed by atoms with Gasteiger partial charge in [-0.15, -0.1) is 0 Å². The predicted molar refractivity (Wildman–Crippen MR) is 146 cm³/mol. The maximum atomic E-state index is 7.69. The van der Waals surface area contributed by atoms with Gasteiger partial charge in [0.25, 0.3) is 0 Å². The first-order chi connectivity index (χ1) is 18.8. The first kappa shape index (κ1) is 17.7. The van der Waals surface area contributed by atoms with E-state index in [0.29, 0.717) is 22.8 Å². The van der Waals surface area contributed by atoms with Gasteiger partial charge in [0.1, 0.15) is 17.1 Å². The van der Waals surface area contributed by atoms with Crippen LogP contribution in [-0.2, 0) is 0 Å². The SMILES string of the molecule is [2H]C([2H])([2H])c1cnc(-c2cccc(Oc3ccc4ccc5c(ncc6oc7ccccc7c65)c4c3)c2)cc1C. The number of rotatable bonds is 3. The number of benzene rings is 4. The van der Waals surface area contributed by atoms with E-state index in [1.807, 2.05) is 60.7 Å². The average Bonchev–Trinajstić information content (AvgIpc) is 3.31. The van der Waals surface area contributed by atoms with Crippen molar-refractivity contribution in [3.05, 3.63) is 108 Å². The summed E-state index contributed by atoms with van der Waals surface area (Å²) in [4.78, 5) is 9.18. The summed E-state index contributed by atoms with van der Waals surface area (Å²) in [6, 6.07) is 27.7. The molecule has 0 unspecified atom stereocenters. The summed E-state index contributed by atoms with van der Waals surface area (Å²) in [7, 11) is 0. The Balaban J connectivity index is 1.28. The lowest BCUT2D eigenvalue weighted by Crippen LogP contribution is -1.90. The number of pyridine rings is 2. The fourth-order valence-electron chi connectivity index (χ4n) is 4.81. The van der Waals surface area contributed by atoms with Gasteiger partial charge in [-0.1, -0.05) is 48.5 Å². The van der Waals surface area contributed by atoms with Gasteiger partial charge in [0.05, 0.1) is 17.4 Å². The Bertz CT molecular complexity index is 2060. The van der Waals surface area contributed by atoms with E-state index in [-0.39, 0.29) is 5.56 Å². The highest BCUT2D eigenvalue weighted by Gasteiger charge is 2.13. The third-order valence-electron chi connectivity index (χ3n) is 6.64. The highest BCUT2D eigenvalue weighted by Crippen LogP contribution is 2.37. The van der Waals surface area contributed by atoms with Crippen LogP contribution in [0.3, 0.4) is 0 Å². The number of aryl methyl sites for hydroxylation is 2. The smallest absolute Gasteiger partial charge is 0.154 e. The van der Waals surface area contributed by atoms with Crippen molar-refractivity contribution in [3.63, 3.8) is 0 Å². The third kappa shape index (κ3) is 3.30. The molecule has 0 aliphatic heterocycles. The standard InChI is InChI=1S/C32H22N2O2/c1-19-14-28(33-17-20(19)2)22-6-5-7-23(15-22)35-24-12-10-21-11-13-26-31-25-8-3-4-9-29(25)36-30(31)18-34-32(26)27(21)16-24/h3-18H,1-2H3/i2D3. The van der Waals surface area contributed by atoms with Crippen molar-refractivity contribution >= 4 is 43.6 Å². The summed E-state index contributed by atoms with van der Waals surface area (Å²) in [5.74, 6) is 1.34. The fraction of sp³-hybridized carbons (Fsp3) is 0.0625. The molecule has 0 saturated carbocycles. The summed E-state index contributed by atoms with van der Waals surface area (Å²) in [5, 5.41) is 5.22. The molecular formula is C32H22N2O2. The van der Waals surface area contributed by atoms with Crippen LogP contribution in [0.2, 0.25) is 0 Å². The highest BCUT2D eigenvalue weighted by atomic mass is 16.5. The molecule has 4 heteroatoms. The van der Waals surface area contributed by atoms with Gasteiger partial charge in [0.2, 0.25) is 0 Å². The topological polar surface area (TPSA) is 48.2 Å². The molecule has 7 aromatic rings. The van der Waals surface area contributed by atoms with Crippen molar-refractivity contribution < 1.29 is 13.3 Å². The Morgan fingerprint density at radius 3 is 2.53 bits per heavy atom. The Labute approximate surface area is 212 Å². The van der Waals surface area contributed by atoms with Crippen molar-refractivity contribution in [3.8, 4) is 22.8 Å².